The van der Waals surface area contributed by atoms with Crippen LogP contribution in [-0.4, -0.2) is 7.11 Å². The van der Waals surface area contributed by atoms with E-state index in [-0.39, 0.29) is 0 Å². The molecule has 1 aromatic heterocycles. The van der Waals surface area contributed by atoms with Gasteiger partial charge in [-0.3, -0.25) is 0 Å². The third kappa shape index (κ3) is 1.39. The molecule has 0 aliphatic heterocycles. The standard InChI is InChI=1S/C10H6BrNOS/c1-13-7-2-8(11)10-6(4-12)5-14-9(10)3-7/h2-3,5H,1H3. The Morgan fingerprint density at radius 3 is 2.93 bits per heavy atom. The Morgan fingerprint density at radius 2 is 2.29 bits per heavy atom. The summed E-state index contributed by atoms with van der Waals surface area (Å²) < 4.78 is 7.11. The van der Waals surface area contributed by atoms with Crippen LogP contribution in [0.25, 0.3) is 10.1 Å². The summed E-state index contributed by atoms with van der Waals surface area (Å²) >= 11 is 4.98. The van der Waals surface area contributed by atoms with E-state index in [9.17, 15) is 0 Å². The molecule has 0 spiro atoms. The average Bonchev–Trinajstić information content (AvgIpc) is 2.61. The molecule has 0 fully saturated rings. The normalized spacial score (nSPS) is 10.1. The molecular weight excluding hydrogens is 262 g/mol. The first-order valence-corrected chi connectivity index (χ1v) is 5.58. The van der Waals surface area contributed by atoms with Crippen molar-refractivity contribution < 1.29 is 4.74 Å². The summed E-state index contributed by atoms with van der Waals surface area (Å²) in [4.78, 5) is 0. The van der Waals surface area contributed by atoms with E-state index in [1.54, 1.807) is 18.4 Å². The second-order valence-electron chi connectivity index (χ2n) is 2.74. The van der Waals surface area contributed by atoms with Crippen LogP contribution >= 0.6 is 27.3 Å². The Morgan fingerprint density at radius 1 is 1.50 bits per heavy atom. The van der Waals surface area contributed by atoms with E-state index >= 15 is 0 Å². The maximum absolute atomic E-state index is 8.88. The van der Waals surface area contributed by atoms with E-state index in [1.807, 2.05) is 17.5 Å². The van der Waals surface area contributed by atoms with Crippen molar-refractivity contribution in [3.63, 3.8) is 0 Å². The number of halogens is 1. The highest BCUT2D eigenvalue weighted by Crippen LogP contribution is 2.35. The molecule has 0 aliphatic rings. The maximum Gasteiger partial charge on any atom is 0.121 e. The summed E-state index contributed by atoms with van der Waals surface area (Å²) in [6, 6.07) is 5.97. The fourth-order valence-electron chi connectivity index (χ4n) is 1.29. The molecule has 2 aromatic rings. The summed E-state index contributed by atoms with van der Waals surface area (Å²) in [7, 11) is 1.63. The minimum atomic E-state index is 0.708. The Bertz CT molecular complexity index is 527. The fourth-order valence-corrected chi connectivity index (χ4v) is 3.01. The molecule has 2 nitrogen and oxygen atoms in total. The van der Waals surface area contributed by atoms with Crippen LogP contribution in [0, 0.1) is 11.3 Å². The van der Waals surface area contributed by atoms with Gasteiger partial charge in [0.25, 0.3) is 0 Å². The van der Waals surface area contributed by atoms with E-state index in [4.69, 9.17) is 10.00 Å². The van der Waals surface area contributed by atoms with Crippen LogP contribution in [0.5, 0.6) is 5.75 Å². The summed E-state index contributed by atoms with van der Waals surface area (Å²) in [5.74, 6) is 0.802. The maximum atomic E-state index is 8.88. The average molecular weight is 268 g/mol. The number of nitriles is 1. The summed E-state index contributed by atoms with van der Waals surface area (Å²) in [5.41, 5.74) is 0.708. The highest BCUT2D eigenvalue weighted by Gasteiger charge is 2.08. The van der Waals surface area contributed by atoms with E-state index in [0.717, 1.165) is 20.3 Å². The van der Waals surface area contributed by atoms with Crippen molar-refractivity contribution in [1.82, 2.24) is 0 Å². The van der Waals surface area contributed by atoms with Gasteiger partial charge in [0, 0.05) is 19.9 Å². The summed E-state index contributed by atoms with van der Waals surface area (Å²) in [6.07, 6.45) is 0. The van der Waals surface area contributed by atoms with Gasteiger partial charge in [0.15, 0.2) is 0 Å². The molecule has 0 atom stereocenters. The molecule has 70 valence electrons. The van der Waals surface area contributed by atoms with Crippen LogP contribution in [0.2, 0.25) is 0 Å². The van der Waals surface area contributed by atoms with E-state index in [1.165, 1.54) is 0 Å². The van der Waals surface area contributed by atoms with Gasteiger partial charge in [-0.1, -0.05) is 0 Å². The van der Waals surface area contributed by atoms with Crippen molar-refractivity contribution in [3.05, 3.63) is 27.5 Å². The number of methoxy groups -OCH3 is 1. The molecular formula is C10H6BrNOS. The number of ether oxygens (including phenoxy) is 1. The molecule has 0 amide bonds. The van der Waals surface area contributed by atoms with Crippen molar-refractivity contribution in [1.29, 1.82) is 5.26 Å². The predicted octanol–water partition coefficient (Wildman–Crippen LogP) is 3.54. The van der Waals surface area contributed by atoms with Gasteiger partial charge in [-0.05, 0) is 28.1 Å². The molecule has 1 aromatic carbocycles. The quantitative estimate of drug-likeness (QED) is 0.792. The SMILES string of the molecule is COc1cc(Br)c2c(C#N)csc2c1. The van der Waals surface area contributed by atoms with E-state index < -0.39 is 0 Å². The third-order valence-electron chi connectivity index (χ3n) is 1.96. The third-order valence-corrected chi connectivity index (χ3v) is 3.51. The van der Waals surface area contributed by atoms with Crippen LogP contribution in [0.1, 0.15) is 5.56 Å². The zero-order chi connectivity index (χ0) is 10.1. The topological polar surface area (TPSA) is 33.0 Å². The molecule has 0 unspecified atom stereocenters. The lowest BCUT2D eigenvalue weighted by atomic mass is 10.2. The lowest BCUT2D eigenvalue weighted by Crippen LogP contribution is -1.82. The fraction of sp³-hybridized carbons (Fsp3) is 0.100. The van der Waals surface area contributed by atoms with Crippen LogP contribution in [0.4, 0.5) is 0 Å². The highest BCUT2D eigenvalue weighted by atomic mass is 79.9. The smallest absolute Gasteiger partial charge is 0.121 e. The predicted molar refractivity (Wildman–Crippen MR) is 60.8 cm³/mol. The minimum Gasteiger partial charge on any atom is -0.497 e. The Hall–Kier alpha value is -1.05. The second kappa shape index (κ2) is 3.60. The molecule has 14 heavy (non-hydrogen) atoms. The Balaban J connectivity index is 2.80. The van der Waals surface area contributed by atoms with Gasteiger partial charge in [-0.15, -0.1) is 11.3 Å². The number of nitrogens with zero attached hydrogens (tertiary/aromatic N) is 1. The number of thiophene rings is 1. The van der Waals surface area contributed by atoms with Crippen molar-refractivity contribution in [2.24, 2.45) is 0 Å². The number of fused-ring (bicyclic) bond motifs is 1. The zero-order valence-corrected chi connectivity index (χ0v) is 9.78. The van der Waals surface area contributed by atoms with E-state index in [0.29, 0.717) is 5.56 Å². The molecule has 0 aliphatic carbocycles. The van der Waals surface area contributed by atoms with Crippen molar-refractivity contribution in [2.75, 3.05) is 7.11 Å². The van der Waals surface area contributed by atoms with Crippen LogP contribution in [0.3, 0.4) is 0 Å². The second-order valence-corrected chi connectivity index (χ2v) is 4.51. The summed E-state index contributed by atoms with van der Waals surface area (Å²) in [5, 5.41) is 11.7. The number of benzene rings is 1. The summed E-state index contributed by atoms with van der Waals surface area (Å²) in [6.45, 7) is 0. The first kappa shape index (κ1) is 9.50. The van der Waals surface area contributed by atoms with Crippen molar-refractivity contribution in [3.8, 4) is 11.8 Å². The highest BCUT2D eigenvalue weighted by molar-refractivity contribution is 9.10. The Labute approximate surface area is 93.9 Å². The van der Waals surface area contributed by atoms with Gasteiger partial charge in [0.2, 0.25) is 0 Å². The molecule has 0 saturated carbocycles. The van der Waals surface area contributed by atoms with E-state index in [2.05, 4.69) is 22.0 Å². The van der Waals surface area contributed by atoms with Crippen molar-refractivity contribution >= 4 is 37.4 Å². The van der Waals surface area contributed by atoms with Crippen LogP contribution < -0.4 is 4.74 Å². The number of rotatable bonds is 1. The Kier molecular flexibility index (Phi) is 2.44. The molecule has 1 heterocycles. The van der Waals surface area contributed by atoms with Gasteiger partial charge in [-0.25, -0.2) is 0 Å². The first-order chi connectivity index (χ1) is 6.76. The van der Waals surface area contributed by atoms with Gasteiger partial charge >= 0.3 is 0 Å². The molecule has 2 rings (SSSR count). The lowest BCUT2D eigenvalue weighted by Gasteiger charge is -2.01. The molecule has 0 saturated heterocycles. The van der Waals surface area contributed by atoms with Gasteiger partial charge < -0.3 is 4.74 Å². The molecule has 0 bridgehead atoms. The van der Waals surface area contributed by atoms with Gasteiger partial charge in [0.1, 0.15) is 11.8 Å². The molecule has 0 radical (unpaired) electrons. The van der Waals surface area contributed by atoms with Gasteiger partial charge in [0.05, 0.1) is 12.7 Å². The largest absolute Gasteiger partial charge is 0.497 e. The lowest BCUT2D eigenvalue weighted by molar-refractivity contribution is 0.415. The number of hydrogen-bond donors (Lipinski definition) is 0. The van der Waals surface area contributed by atoms with Crippen LogP contribution in [-0.2, 0) is 0 Å². The number of hydrogen-bond acceptors (Lipinski definition) is 3. The minimum absolute atomic E-state index is 0.708. The van der Waals surface area contributed by atoms with Crippen LogP contribution in [0.15, 0.2) is 22.0 Å². The molecule has 0 N–H and O–H groups in total. The molecule has 4 heteroatoms. The van der Waals surface area contributed by atoms with Crippen molar-refractivity contribution in [2.45, 2.75) is 0 Å². The van der Waals surface area contributed by atoms with Gasteiger partial charge in [-0.2, -0.15) is 5.26 Å². The zero-order valence-electron chi connectivity index (χ0n) is 7.37. The monoisotopic (exact) mass is 267 g/mol. The first-order valence-electron chi connectivity index (χ1n) is 3.91.